The highest BCUT2D eigenvalue weighted by molar-refractivity contribution is 7.71. The van der Waals surface area contributed by atoms with Crippen LogP contribution in [0.5, 0.6) is 0 Å². The molecule has 0 spiro atoms. The molecule has 1 aliphatic carbocycles. The summed E-state index contributed by atoms with van der Waals surface area (Å²) in [5.41, 5.74) is 0.811. The molecule has 3 heterocycles. The van der Waals surface area contributed by atoms with Crippen molar-refractivity contribution in [2.24, 2.45) is 0 Å². The molecule has 0 radical (unpaired) electrons. The van der Waals surface area contributed by atoms with Crippen molar-refractivity contribution in [3.63, 3.8) is 0 Å². The Kier molecular flexibility index (Phi) is 6.04. The van der Waals surface area contributed by atoms with Crippen molar-refractivity contribution in [1.82, 2.24) is 34.4 Å². The van der Waals surface area contributed by atoms with Gasteiger partial charge in [-0.15, -0.1) is 0 Å². The van der Waals surface area contributed by atoms with Gasteiger partial charge in [0.15, 0.2) is 10.6 Å². The van der Waals surface area contributed by atoms with E-state index in [2.05, 4.69) is 24.7 Å². The number of nitrogens with zero attached hydrogens (tertiary/aromatic N) is 6. The Morgan fingerprint density at radius 1 is 1.20 bits per heavy atom. The second kappa shape index (κ2) is 8.56. The molecule has 2 aromatic rings. The molecule has 0 bridgehead atoms. The number of aromatic nitrogens is 4. The highest BCUT2D eigenvalue weighted by atomic mass is 32.1. The molecule has 2 fully saturated rings. The number of nitrogens with one attached hydrogen (secondary N) is 1. The third-order valence-electron chi connectivity index (χ3n) is 5.38. The molecule has 1 saturated heterocycles. The van der Waals surface area contributed by atoms with Crippen LogP contribution >= 0.6 is 12.2 Å². The van der Waals surface area contributed by atoms with E-state index in [1.165, 1.54) is 0 Å². The summed E-state index contributed by atoms with van der Waals surface area (Å²) < 4.78 is 4.92. The summed E-state index contributed by atoms with van der Waals surface area (Å²) in [6, 6.07) is 4.43. The van der Waals surface area contributed by atoms with Gasteiger partial charge in [-0.3, -0.25) is 24.1 Å². The fourth-order valence-electron chi connectivity index (χ4n) is 3.81. The minimum absolute atomic E-state index is 0.0856. The van der Waals surface area contributed by atoms with E-state index in [0.29, 0.717) is 19.3 Å². The summed E-state index contributed by atoms with van der Waals surface area (Å²) >= 11 is 5.78. The van der Waals surface area contributed by atoms with E-state index in [-0.39, 0.29) is 11.4 Å². The largest absolute Gasteiger partial charge is 0.350 e. The monoisotopic (exact) mass is 429 g/mol. The lowest BCUT2D eigenvalue weighted by atomic mass is 10.1. The van der Waals surface area contributed by atoms with Crippen LogP contribution in [0.1, 0.15) is 39.7 Å². The van der Waals surface area contributed by atoms with Crippen LogP contribution in [0.25, 0.3) is 11.4 Å². The first-order valence-electron chi connectivity index (χ1n) is 10.7. The average Bonchev–Trinajstić information content (AvgIpc) is 3.47. The summed E-state index contributed by atoms with van der Waals surface area (Å²) in [6.07, 6.45) is 5.94. The molecular weight excluding hydrogens is 398 g/mol. The van der Waals surface area contributed by atoms with Crippen LogP contribution in [0, 0.1) is 4.77 Å². The van der Waals surface area contributed by atoms with E-state index in [4.69, 9.17) is 17.3 Å². The smallest absolute Gasteiger partial charge is 0.234 e. The Morgan fingerprint density at radius 2 is 1.90 bits per heavy atom. The van der Waals surface area contributed by atoms with Gasteiger partial charge in [-0.05, 0) is 58.0 Å². The Balaban J connectivity index is 1.39. The standard InChI is InChI=1S/C21H31N7OS/c1-21(2,3)23-18(29)14-25-9-11-26(12-10-25)15-27-20(30)28(17-6-7-17)19(24-27)16-5-4-8-22-13-16/h4-5,8,13,17H,6-7,9-12,14-15H2,1-3H3,(H,23,29). The Bertz CT molecular complexity index is 934. The lowest BCUT2D eigenvalue weighted by molar-refractivity contribution is -0.124. The number of carbonyl (C=O) groups is 1. The van der Waals surface area contributed by atoms with Crippen molar-refractivity contribution in [2.45, 2.75) is 51.9 Å². The van der Waals surface area contributed by atoms with Gasteiger partial charge in [0, 0.05) is 55.7 Å². The molecule has 8 nitrogen and oxygen atoms in total. The molecule has 2 aromatic heterocycles. The Labute approximate surface area is 182 Å². The van der Waals surface area contributed by atoms with Crippen molar-refractivity contribution < 1.29 is 4.79 Å². The molecule has 2 aliphatic rings. The molecule has 30 heavy (non-hydrogen) atoms. The van der Waals surface area contributed by atoms with Gasteiger partial charge in [-0.25, -0.2) is 4.68 Å². The van der Waals surface area contributed by atoms with Gasteiger partial charge in [-0.1, -0.05) is 0 Å². The van der Waals surface area contributed by atoms with Gasteiger partial charge in [0.2, 0.25) is 5.91 Å². The van der Waals surface area contributed by atoms with Gasteiger partial charge in [0.25, 0.3) is 0 Å². The molecule has 0 aromatic carbocycles. The van der Waals surface area contributed by atoms with Gasteiger partial charge in [0.05, 0.1) is 13.2 Å². The molecule has 1 aliphatic heterocycles. The predicted molar refractivity (Wildman–Crippen MR) is 118 cm³/mol. The molecular formula is C21H31N7OS. The number of amides is 1. The number of rotatable bonds is 6. The van der Waals surface area contributed by atoms with E-state index in [0.717, 1.165) is 55.2 Å². The van der Waals surface area contributed by atoms with Gasteiger partial charge < -0.3 is 5.32 Å². The summed E-state index contributed by atoms with van der Waals surface area (Å²) in [5, 5.41) is 7.90. The molecule has 1 amide bonds. The molecule has 1 N–H and O–H groups in total. The minimum atomic E-state index is -0.193. The van der Waals surface area contributed by atoms with Crippen LogP contribution < -0.4 is 5.32 Å². The number of piperazine rings is 1. The summed E-state index contributed by atoms with van der Waals surface area (Å²) in [4.78, 5) is 21.0. The van der Waals surface area contributed by atoms with Crippen molar-refractivity contribution in [1.29, 1.82) is 0 Å². The summed E-state index contributed by atoms with van der Waals surface area (Å²) in [7, 11) is 0. The molecule has 0 unspecified atom stereocenters. The van der Waals surface area contributed by atoms with Crippen molar-refractivity contribution >= 4 is 18.1 Å². The maximum atomic E-state index is 12.2. The fraction of sp³-hybridized carbons (Fsp3) is 0.619. The molecule has 0 atom stereocenters. The quantitative estimate of drug-likeness (QED) is 0.711. The maximum Gasteiger partial charge on any atom is 0.234 e. The molecule has 4 rings (SSSR count). The van der Waals surface area contributed by atoms with E-state index in [1.54, 1.807) is 6.20 Å². The number of carbonyl (C=O) groups excluding carboxylic acids is 1. The zero-order valence-corrected chi connectivity index (χ0v) is 18.9. The second-order valence-electron chi connectivity index (χ2n) is 9.28. The third kappa shape index (κ3) is 5.14. The second-order valence-corrected chi connectivity index (χ2v) is 9.65. The predicted octanol–water partition coefficient (Wildman–Crippen LogP) is 2.30. The van der Waals surface area contributed by atoms with Gasteiger partial charge >= 0.3 is 0 Å². The first-order valence-corrected chi connectivity index (χ1v) is 11.1. The van der Waals surface area contributed by atoms with Crippen LogP contribution in [0.15, 0.2) is 24.5 Å². The first kappa shape index (κ1) is 21.1. The Hall–Kier alpha value is -2.10. The van der Waals surface area contributed by atoms with Crippen LogP contribution in [-0.2, 0) is 11.5 Å². The van der Waals surface area contributed by atoms with Crippen molar-refractivity contribution in [3.05, 3.63) is 29.3 Å². The van der Waals surface area contributed by atoms with Crippen LogP contribution in [0.3, 0.4) is 0 Å². The highest BCUT2D eigenvalue weighted by Gasteiger charge is 2.30. The van der Waals surface area contributed by atoms with Crippen molar-refractivity contribution in [2.75, 3.05) is 32.7 Å². The highest BCUT2D eigenvalue weighted by Crippen LogP contribution is 2.38. The fourth-order valence-corrected chi connectivity index (χ4v) is 4.14. The summed E-state index contributed by atoms with van der Waals surface area (Å²) in [5.74, 6) is 0.996. The number of hydrogen-bond donors (Lipinski definition) is 1. The van der Waals surface area contributed by atoms with Gasteiger partial charge in [-0.2, -0.15) is 5.10 Å². The van der Waals surface area contributed by atoms with E-state index in [9.17, 15) is 4.79 Å². The number of pyridine rings is 1. The number of hydrogen-bond acceptors (Lipinski definition) is 6. The average molecular weight is 430 g/mol. The lowest BCUT2D eigenvalue weighted by Crippen LogP contribution is -2.51. The minimum Gasteiger partial charge on any atom is -0.350 e. The van der Waals surface area contributed by atoms with Crippen LogP contribution in [0.4, 0.5) is 0 Å². The van der Waals surface area contributed by atoms with E-state index < -0.39 is 0 Å². The zero-order valence-electron chi connectivity index (χ0n) is 18.0. The third-order valence-corrected chi connectivity index (χ3v) is 5.79. The Morgan fingerprint density at radius 3 is 2.50 bits per heavy atom. The van der Waals surface area contributed by atoms with Crippen LogP contribution in [-0.4, -0.2) is 73.3 Å². The molecule has 162 valence electrons. The zero-order chi connectivity index (χ0) is 21.3. The normalized spacial score (nSPS) is 18.5. The van der Waals surface area contributed by atoms with Gasteiger partial charge in [0.1, 0.15) is 0 Å². The lowest BCUT2D eigenvalue weighted by Gasteiger charge is -2.34. The SMILES string of the molecule is CC(C)(C)NC(=O)CN1CCN(Cn2nc(-c3cccnc3)n(C3CC3)c2=S)CC1. The van der Waals surface area contributed by atoms with Crippen molar-refractivity contribution in [3.8, 4) is 11.4 Å². The van der Waals surface area contributed by atoms with E-state index >= 15 is 0 Å². The summed E-state index contributed by atoms with van der Waals surface area (Å²) in [6.45, 7) is 10.7. The topological polar surface area (TPSA) is 71.2 Å². The first-order chi connectivity index (χ1) is 14.3. The van der Waals surface area contributed by atoms with Crippen LogP contribution in [0.2, 0.25) is 0 Å². The maximum absolute atomic E-state index is 12.2. The molecule has 1 saturated carbocycles. The van der Waals surface area contributed by atoms with E-state index in [1.807, 2.05) is 43.8 Å². The molecule has 9 heteroatoms.